The third-order valence-electron chi connectivity index (χ3n) is 4.07. The Morgan fingerprint density at radius 1 is 1.29 bits per heavy atom. The maximum Gasteiger partial charge on any atom is 0.251 e. The summed E-state index contributed by atoms with van der Waals surface area (Å²) in [6.07, 6.45) is 0. The van der Waals surface area contributed by atoms with Crippen LogP contribution in [0.4, 0.5) is 5.69 Å². The van der Waals surface area contributed by atoms with Crippen LogP contribution in [0, 0.1) is 13.8 Å². The van der Waals surface area contributed by atoms with E-state index in [4.69, 9.17) is 0 Å². The number of carbonyl (C=O) groups is 2. The summed E-state index contributed by atoms with van der Waals surface area (Å²) in [5.41, 5.74) is 2.42. The zero-order valence-electron chi connectivity index (χ0n) is 14.1. The molecule has 2 aromatic rings. The van der Waals surface area contributed by atoms with Crippen molar-refractivity contribution in [3.05, 3.63) is 45.1 Å². The normalized spacial score (nSPS) is 17.8. The summed E-state index contributed by atoms with van der Waals surface area (Å²) in [6, 6.07) is 7.53. The molecule has 6 heteroatoms. The first-order valence-electron chi connectivity index (χ1n) is 7.84. The van der Waals surface area contributed by atoms with Gasteiger partial charge in [-0.2, -0.15) is 0 Å². The second-order valence-electron chi connectivity index (χ2n) is 6.02. The lowest BCUT2D eigenvalue weighted by molar-refractivity contribution is -0.115. The Morgan fingerprint density at radius 3 is 2.71 bits per heavy atom. The fraction of sp³-hybridized carbons (Fsp3) is 0.333. The lowest BCUT2D eigenvalue weighted by Crippen LogP contribution is -2.28. The van der Waals surface area contributed by atoms with E-state index < -0.39 is 0 Å². The van der Waals surface area contributed by atoms with Crippen LogP contribution in [-0.2, 0) is 4.79 Å². The number of amides is 2. The molecule has 126 valence electrons. The largest absolute Gasteiger partial charge is 0.345 e. The van der Waals surface area contributed by atoms with E-state index in [0.717, 1.165) is 10.5 Å². The number of fused-ring (bicyclic) bond motifs is 1. The quantitative estimate of drug-likeness (QED) is 0.858. The van der Waals surface area contributed by atoms with Crippen LogP contribution in [0.3, 0.4) is 0 Å². The van der Waals surface area contributed by atoms with Gasteiger partial charge in [-0.15, -0.1) is 23.1 Å². The van der Waals surface area contributed by atoms with Crippen LogP contribution in [0.1, 0.15) is 45.6 Å². The first kappa shape index (κ1) is 17.0. The van der Waals surface area contributed by atoms with Gasteiger partial charge in [-0.25, -0.2) is 0 Å². The van der Waals surface area contributed by atoms with E-state index in [1.54, 1.807) is 17.4 Å². The lowest BCUT2D eigenvalue weighted by atomic mass is 10.1. The van der Waals surface area contributed by atoms with Gasteiger partial charge in [-0.3, -0.25) is 9.59 Å². The van der Waals surface area contributed by atoms with Crippen molar-refractivity contribution in [3.8, 4) is 0 Å². The Morgan fingerprint density at radius 2 is 2.04 bits per heavy atom. The Balaban J connectivity index is 1.77. The van der Waals surface area contributed by atoms with Gasteiger partial charge in [0.15, 0.2) is 0 Å². The molecule has 1 aliphatic rings. The highest BCUT2D eigenvalue weighted by Gasteiger charge is 2.24. The Bertz CT molecular complexity index is 813. The van der Waals surface area contributed by atoms with Gasteiger partial charge in [0.05, 0.1) is 17.0 Å². The molecule has 0 saturated heterocycles. The number of thioether (sulfide) groups is 1. The topological polar surface area (TPSA) is 58.2 Å². The number of rotatable bonds is 3. The van der Waals surface area contributed by atoms with Crippen molar-refractivity contribution in [1.29, 1.82) is 0 Å². The van der Waals surface area contributed by atoms with Gasteiger partial charge in [0.25, 0.3) is 5.91 Å². The highest BCUT2D eigenvalue weighted by atomic mass is 32.2. The Kier molecular flexibility index (Phi) is 4.69. The average Bonchev–Trinajstić information content (AvgIpc) is 2.86. The third-order valence-corrected chi connectivity index (χ3v) is 6.23. The highest BCUT2D eigenvalue weighted by Crippen LogP contribution is 2.36. The molecule has 3 rings (SSSR count). The fourth-order valence-corrected chi connectivity index (χ4v) is 4.74. The maximum atomic E-state index is 12.6. The molecule has 2 N–H and O–H groups in total. The summed E-state index contributed by atoms with van der Waals surface area (Å²) in [6.45, 7) is 8.00. The van der Waals surface area contributed by atoms with E-state index in [-0.39, 0.29) is 23.1 Å². The van der Waals surface area contributed by atoms with E-state index in [9.17, 15) is 9.59 Å². The lowest BCUT2D eigenvalue weighted by Gasteiger charge is -2.22. The molecule has 4 nitrogen and oxygen atoms in total. The van der Waals surface area contributed by atoms with Crippen molar-refractivity contribution < 1.29 is 9.59 Å². The monoisotopic (exact) mass is 360 g/mol. The molecule has 1 aromatic carbocycles. The van der Waals surface area contributed by atoms with Gasteiger partial charge < -0.3 is 10.6 Å². The van der Waals surface area contributed by atoms with Crippen molar-refractivity contribution >= 4 is 40.6 Å². The molecule has 0 fully saturated rings. The second kappa shape index (κ2) is 6.61. The number of carbonyl (C=O) groups excluding carboxylic acids is 2. The third kappa shape index (κ3) is 3.35. The maximum absolute atomic E-state index is 12.6. The molecule has 0 radical (unpaired) electrons. The summed E-state index contributed by atoms with van der Waals surface area (Å²) >= 11 is 3.25. The van der Waals surface area contributed by atoms with Crippen molar-refractivity contribution in [3.63, 3.8) is 0 Å². The van der Waals surface area contributed by atoms with Gasteiger partial charge in [-0.1, -0.05) is 0 Å². The SMILES string of the molecule is Cc1cc(C(C)NC(=O)c2ccc3c(c2)NC(=O)C(C)S3)c(C)s1. The standard InChI is InChI=1S/C18H20N2O2S2/c1-9-7-14(11(3)23-9)10(2)19-18(22)13-5-6-16-15(8-13)20-17(21)12(4)24-16/h5-8,10,12H,1-4H3,(H,19,22)(H,20,21). The molecule has 24 heavy (non-hydrogen) atoms. The molecule has 2 unspecified atom stereocenters. The molecule has 2 atom stereocenters. The molecule has 0 spiro atoms. The van der Waals surface area contributed by atoms with Crippen LogP contribution in [0.2, 0.25) is 0 Å². The van der Waals surface area contributed by atoms with E-state index in [0.29, 0.717) is 11.3 Å². The van der Waals surface area contributed by atoms with Gasteiger partial charge in [0, 0.05) is 20.2 Å². The smallest absolute Gasteiger partial charge is 0.251 e. The molecule has 2 amide bonds. The van der Waals surface area contributed by atoms with Gasteiger partial charge in [0.1, 0.15) is 0 Å². The minimum Gasteiger partial charge on any atom is -0.345 e. The molecule has 0 saturated carbocycles. The van der Waals surface area contributed by atoms with Crippen LogP contribution in [0.5, 0.6) is 0 Å². The highest BCUT2D eigenvalue weighted by molar-refractivity contribution is 8.00. The predicted molar refractivity (Wildman–Crippen MR) is 100 cm³/mol. The van der Waals surface area contributed by atoms with Crippen molar-refractivity contribution in [2.24, 2.45) is 0 Å². The van der Waals surface area contributed by atoms with Crippen LogP contribution in [0.15, 0.2) is 29.2 Å². The summed E-state index contributed by atoms with van der Waals surface area (Å²) < 4.78 is 0. The number of anilines is 1. The van der Waals surface area contributed by atoms with Crippen molar-refractivity contribution in [2.75, 3.05) is 5.32 Å². The molecule has 1 aromatic heterocycles. The minimum absolute atomic E-state index is 0.0252. The molecule has 2 heterocycles. The van der Waals surface area contributed by atoms with Gasteiger partial charge in [0.2, 0.25) is 5.91 Å². The molecule has 0 bridgehead atoms. The molecule has 0 aliphatic carbocycles. The van der Waals surface area contributed by atoms with E-state index in [1.165, 1.54) is 21.5 Å². The van der Waals surface area contributed by atoms with Gasteiger partial charge >= 0.3 is 0 Å². The van der Waals surface area contributed by atoms with Crippen LogP contribution in [0.25, 0.3) is 0 Å². The Labute approximate surface area is 150 Å². The summed E-state index contributed by atoms with van der Waals surface area (Å²) in [5.74, 6) is -0.158. The number of hydrogen-bond donors (Lipinski definition) is 2. The number of aryl methyl sites for hydroxylation is 2. The van der Waals surface area contributed by atoms with Crippen LogP contribution < -0.4 is 10.6 Å². The number of thiophene rings is 1. The Hall–Kier alpha value is -1.79. The second-order valence-corrected chi connectivity index (χ2v) is 8.87. The minimum atomic E-state index is -0.133. The number of hydrogen-bond acceptors (Lipinski definition) is 4. The first-order valence-corrected chi connectivity index (χ1v) is 9.54. The predicted octanol–water partition coefficient (Wildman–Crippen LogP) is 4.29. The van der Waals surface area contributed by atoms with Crippen molar-refractivity contribution in [1.82, 2.24) is 5.32 Å². The van der Waals surface area contributed by atoms with Crippen molar-refractivity contribution in [2.45, 2.75) is 43.9 Å². The summed E-state index contributed by atoms with van der Waals surface area (Å²) in [5, 5.41) is 5.80. The van der Waals surface area contributed by atoms with Gasteiger partial charge in [-0.05, 0) is 57.5 Å². The number of benzene rings is 1. The molecular formula is C18H20N2O2S2. The summed E-state index contributed by atoms with van der Waals surface area (Å²) in [7, 11) is 0. The number of nitrogens with one attached hydrogen (secondary N) is 2. The average molecular weight is 361 g/mol. The molecule has 1 aliphatic heterocycles. The fourth-order valence-electron chi connectivity index (χ4n) is 2.79. The first-order chi connectivity index (χ1) is 11.3. The van der Waals surface area contributed by atoms with E-state index >= 15 is 0 Å². The zero-order chi connectivity index (χ0) is 17.4. The summed E-state index contributed by atoms with van der Waals surface area (Å²) in [4.78, 5) is 27.8. The molecular weight excluding hydrogens is 340 g/mol. The van der Waals surface area contributed by atoms with Crippen LogP contribution in [-0.4, -0.2) is 17.1 Å². The van der Waals surface area contributed by atoms with E-state index in [1.807, 2.05) is 26.0 Å². The zero-order valence-corrected chi connectivity index (χ0v) is 15.7. The van der Waals surface area contributed by atoms with E-state index in [2.05, 4.69) is 30.5 Å². The van der Waals surface area contributed by atoms with Crippen LogP contribution >= 0.6 is 23.1 Å².